The van der Waals surface area contributed by atoms with Crippen LogP contribution in [0.1, 0.15) is 61.4 Å². The van der Waals surface area contributed by atoms with Crippen molar-refractivity contribution < 1.29 is 4.42 Å². The molecule has 0 spiro atoms. The normalized spacial score (nSPS) is 19.2. The molecule has 1 aliphatic carbocycles. The fraction of sp³-hybridized carbons (Fsp3) is 0.400. The highest BCUT2D eigenvalue weighted by atomic mass is 16.3. The zero-order chi connectivity index (χ0) is 20.6. The van der Waals surface area contributed by atoms with Crippen molar-refractivity contribution in [3.05, 3.63) is 83.1 Å². The van der Waals surface area contributed by atoms with Crippen LogP contribution < -0.4 is 5.32 Å². The molecule has 152 valence electrons. The van der Waals surface area contributed by atoms with Crippen LogP contribution in [0, 0.1) is 13.8 Å². The second-order valence-corrected chi connectivity index (χ2v) is 9.09. The van der Waals surface area contributed by atoms with Gasteiger partial charge in [-0.1, -0.05) is 45.1 Å². The van der Waals surface area contributed by atoms with Crippen LogP contribution in [0.5, 0.6) is 0 Å². The van der Waals surface area contributed by atoms with Crippen LogP contribution in [0.2, 0.25) is 0 Å². The van der Waals surface area contributed by atoms with E-state index >= 15 is 0 Å². The third kappa shape index (κ3) is 4.08. The summed E-state index contributed by atoms with van der Waals surface area (Å²) in [4.78, 5) is 0. The molecule has 0 radical (unpaired) electrons. The fourth-order valence-corrected chi connectivity index (χ4v) is 4.25. The maximum absolute atomic E-state index is 5.42. The number of nitrogens with one attached hydrogen (secondary N) is 1. The number of nitrogens with zero attached hydrogens (tertiary/aromatic N) is 2. The molecule has 1 N–H and O–H groups in total. The van der Waals surface area contributed by atoms with Crippen molar-refractivity contribution in [3.8, 4) is 5.69 Å². The van der Waals surface area contributed by atoms with Gasteiger partial charge in [-0.3, -0.25) is 0 Å². The van der Waals surface area contributed by atoms with Crippen LogP contribution in [0.15, 0.2) is 59.2 Å². The number of furan rings is 1. The molecule has 0 amide bonds. The third-order valence-corrected chi connectivity index (χ3v) is 5.90. The summed E-state index contributed by atoms with van der Waals surface area (Å²) < 4.78 is 7.52. The van der Waals surface area contributed by atoms with E-state index < -0.39 is 0 Å². The predicted molar refractivity (Wildman–Crippen MR) is 118 cm³/mol. The van der Waals surface area contributed by atoms with Crippen molar-refractivity contribution in [2.45, 2.75) is 65.0 Å². The van der Waals surface area contributed by atoms with Crippen molar-refractivity contribution in [1.82, 2.24) is 15.1 Å². The van der Waals surface area contributed by atoms with E-state index in [1.165, 1.54) is 16.8 Å². The summed E-state index contributed by atoms with van der Waals surface area (Å²) in [7, 11) is 0. The summed E-state index contributed by atoms with van der Waals surface area (Å²) in [5.41, 5.74) is 6.32. The minimum atomic E-state index is 0.158. The highest BCUT2D eigenvalue weighted by Gasteiger charge is 2.26. The molecule has 29 heavy (non-hydrogen) atoms. The van der Waals surface area contributed by atoms with E-state index in [-0.39, 0.29) is 5.41 Å². The van der Waals surface area contributed by atoms with Crippen LogP contribution in [-0.2, 0) is 12.0 Å². The van der Waals surface area contributed by atoms with Gasteiger partial charge in [0.05, 0.1) is 24.2 Å². The Morgan fingerprint density at radius 2 is 1.86 bits per heavy atom. The molecule has 2 atom stereocenters. The fourth-order valence-electron chi connectivity index (χ4n) is 4.25. The number of aryl methyl sites for hydroxylation is 1. The molecule has 0 unspecified atom stereocenters. The van der Waals surface area contributed by atoms with E-state index in [9.17, 15) is 0 Å². The molecular formula is C25H31N3O. The molecule has 0 aliphatic heterocycles. The van der Waals surface area contributed by atoms with Crippen molar-refractivity contribution in [3.63, 3.8) is 0 Å². The second kappa shape index (κ2) is 7.68. The molecule has 4 rings (SSSR count). The number of hydrogen-bond acceptors (Lipinski definition) is 3. The lowest BCUT2D eigenvalue weighted by atomic mass is 9.87. The lowest BCUT2D eigenvalue weighted by Gasteiger charge is -2.19. The van der Waals surface area contributed by atoms with Crippen molar-refractivity contribution in [2.75, 3.05) is 0 Å². The number of benzene rings is 1. The van der Waals surface area contributed by atoms with Crippen LogP contribution in [-0.4, -0.2) is 15.8 Å². The lowest BCUT2D eigenvalue weighted by Crippen LogP contribution is -2.25. The molecule has 1 aromatic carbocycles. The molecule has 0 saturated heterocycles. The predicted octanol–water partition coefficient (Wildman–Crippen LogP) is 5.58. The van der Waals surface area contributed by atoms with Gasteiger partial charge in [-0.2, -0.15) is 5.10 Å². The molecule has 0 saturated carbocycles. The van der Waals surface area contributed by atoms with Gasteiger partial charge in [0.15, 0.2) is 0 Å². The summed E-state index contributed by atoms with van der Waals surface area (Å²) in [6.07, 6.45) is 7.38. The summed E-state index contributed by atoms with van der Waals surface area (Å²) >= 11 is 0. The Kier molecular flexibility index (Phi) is 5.22. The van der Waals surface area contributed by atoms with Gasteiger partial charge in [-0.25, -0.2) is 4.68 Å². The topological polar surface area (TPSA) is 43.0 Å². The molecule has 2 heterocycles. The number of rotatable bonds is 5. The van der Waals surface area contributed by atoms with E-state index in [0.717, 1.165) is 30.1 Å². The molecule has 0 fully saturated rings. The van der Waals surface area contributed by atoms with Gasteiger partial charge in [0.25, 0.3) is 0 Å². The van der Waals surface area contributed by atoms with Gasteiger partial charge in [0.2, 0.25) is 0 Å². The first-order valence-electron chi connectivity index (χ1n) is 10.4. The monoisotopic (exact) mass is 389 g/mol. The first kappa shape index (κ1) is 19.7. The quantitative estimate of drug-likeness (QED) is 0.579. The summed E-state index contributed by atoms with van der Waals surface area (Å²) in [6.45, 7) is 11.8. The number of aromatic nitrogens is 2. The zero-order valence-electron chi connectivity index (χ0n) is 18.1. The Hall–Kier alpha value is -2.59. The Balaban J connectivity index is 1.50. The Morgan fingerprint density at radius 1 is 1.10 bits per heavy atom. The van der Waals surface area contributed by atoms with Crippen molar-refractivity contribution >= 4 is 0 Å². The molecule has 4 heteroatoms. The van der Waals surface area contributed by atoms with Gasteiger partial charge in [-0.05, 0) is 55.5 Å². The maximum Gasteiger partial charge on any atom is 0.117 e. The highest BCUT2D eigenvalue weighted by molar-refractivity contribution is 5.43. The SMILES string of the molecule is Cc1nn(-c2ccc(C(C)(C)C)cc2)c(C)c1[C@@H]1C=C[C@@H](NCc2ccco2)C1. The number of hydrogen-bond donors (Lipinski definition) is 1. The summed E-state index contributed by atoms with van der Waals surface area (Å²) in [5.74, 6) is 1.37. The van der Waals surface area contributed by atoms with Gasteiger partial charge < -0.3 is 9.73 Å². The molecule has 4 nitrogen and oxygen atoms in total. The van der Waals surface area contributed by atoms with Crippen molar-refractivity contribution in [2.24, 2.45) is 0 Å². The van der Waals surface area contributed by atoms with Crippen LogP contribution >= 0.6 is 0 Å². The van der Waals surface area contributed by atoms with Gasteiger partial charge >= 0.3 is 0 Å². The largest absolute Gasteiger partial charge is 0.468 e. The Bertz CT molecular complexity index is 988. The molecular weight excluding hydrogens is 358 g/mol. The smallest absolute Gasteiger partial charge is 0.117 e. The molecule has 3 aromatic rings. The van der Waals surface area contributed by atoms with Crippen LogP contribution in [0.4, 0.5) is 0 Å². The first-order valence-corrected chi connectivity index (χ1v) is 10.4. The van der Waals surface area contributed by atoms with Gasteiger partial charge in [0.1, 0.15) is 5.76 Å². The Morgan fingerprint density at radius 3 is 2.52 bits per heavy atom. The van der Waals surface area contributed by atoms with E-state index in [4.69, 9.17) is 9.52 Å². The number of allylic oxidation sites excluding steroid dienone is 1. The van der Waals surface area contributed by atoms with Crippen molar-refractivity contribution in [1.29, 1.82) is 0 Å². The van der Waals surface area contributed by atoms with E-state index in [1.807, 2.05) is 12.1 Å². The molecule has 1 aliphatic rings. The molecule has 0 bridgehead atoms. The Labute approximate surface area is 173 Å². The average Bonchev–Trinajstić information content (AvgIpc) is 3.40. The minimum Gasteiger partial charge on any atom is -0.468 e. The zero-order valence-corrected chi connectivity index (χ0v) is 18.1. The molecule has 2 aromatic heterocycles. The summed E-state index contributed by atoms with van der Waals surface area (Å²) in [6, 6.07) is 13.1. The van der Waals surface area contributed by atoms with Gasteiger partial charge in [-0.15, -0.1) is 0 Å². The first-order chi connectivity index (χ1) is 13.8. The van der Waals surface area contributed by atoms with Gasteiger partial charge in [0, 0.05) is 23.2 Å². The minimum absolute atomic E-state index is 0.158. The third-order valence-electron chi connectivity index (χ3n) is 5.90. The highest BCUT2D eigenvalue weighted by Crippen LogP contribution is 2.34. The van der Waals surface area contributed by atoms with Crippen LogP contribution in [0.3, 0.4) is 0 Å². The maximum atomic E-state index is 5.42. The van der Waals surface area contributed by atoms with Crippen LogP contribution in [0.25, 0.3) is 5.69 Å². The summed E-state index contributed by atoms with van der Waals surface area (Å²) in [5, 5.41) is 8.45. The average molecular weight is 390 g/mol. The second-order valence-electron chi connectivity index (χ2n) is 9.09. The lowest BCUT2D eigenvalue weighted by molar-refractivity contribution is 0.461. The van der Waals surface area contributed by atoms with E-state index in [2.05, 4.69) is 81.0 Å². The van der Waals surface area contributed by atoms with E-state index in [0.29, 0.717) is 12.0 Å². The standard InChI is InChI=1S/C25H31N3O/c1-17-24(19-8-11-21(15-19)26-16-23-7-6-14-29-23)18(2)28(27-17)22-12-9-20(10-13-22)25(3,4)5/h6-14,19,21,26H,15-16H2,1-5H3/t19-,21-/m1/s1. The van der Waals surface area contributed by atoms with E-state index in [1.54, 1.807) is 6.26 Å².